The van der Waals surface area contributed by atoms with E-state index >= 15 is 0 Å². The molecule has 8 nitrogen and oxygen atoms in total. The van der Waals surface area contributed by atoms with Gasteiger partial charge in [-0.25, -0.2) is 4.79 Å². The predicted molar refractivity (Wildman–Crippen MR) is 94.0 cm³/mol. The molecular weight excluding hydrogens is 464 g/mol. The number of alkyl halides is 6. The van der Waals surface area contributed by atoms with Crippen molar-refractivity contribution < 1.29 is 58.3 Å². The number of carbonyl (C=O) groups excluding carboxylic acids is 1. The minimum absolute atomic E-state index is 0.207. The zero-order valence-corrected chi connectivity index (χ0v) is 17.9. The molecule has 31 heavy (non-hydrogen) atoms. The topological polar surface area (TPSA) is 102 Å². The second-order valence-electron chi connectivity index (χ2n) is 7.93. The Bertz CT molecular complexity index is 695. The van der Waals surface area contributed by atoms with Gasteiger partial charge in [-0.1, -0.05) is 0 Å². The van der Waals surface area contributed by atoms with Crippen molar-refractivity contribution in [3.63, 3.8) is 0 Å². The minimum atomic E-state index is -6.17. The van der Waals surface area contributed by atoms with Gasteiger partial charge in [-0.05, 0) is 33.6 Å². The Hall–Kier alpha value is -1.32. The Morgan fingerprint density at radius 2 is 1.48 bits per heavy atom. The summed E-state index contributed by atoms with van der Waals surface area (Å²) in [5.74, 6) is -2.73. The highest BCUT2D eigenvalue weighted by molar-refractivity contribution is 7.85. The fraction of sp³-hybridized carbons (Fsp3) is 0.938. The third-order valence-electron chi connectivity index (χ3n) is 4.18. The maximum absolute atomic E-state index is 13.1. The molecule has 0 aromatic rings. The largest absolute Gasteiger partial charge is 0.444 e. The fourth-order valence-electron chi connectivity index (χ4n) is 2.75. The van der Waals surface area contributed by atoms with Gasteiger partial charge in [0, 0.05) is 13.1 Å². The highest BCUT2D eigenvalue weighted by atomic mass is 32.2. The maximum Gasteiger partial charge on any atom is 0.427 e. The molecule has 0 radical (unpaired) electrons. The van der Waals surface area contributed by atoms with Gasteiger partial charge in [0.25, 0.3) is 15.7 Å². The zero-order valence-electron chi connectivity index (χ0n) is 17.0. The molecule has 1 rings (SSSR count). The van der Waals surface area contributed by atoms with E-state index in [1.165, 1.54) is 4.90 Å². The van der Waals surface area contributed by atoms with Gasteiger partial charge in [0.1, 0.15) is 11.4 Å². The van der Waals surface area contributed by atoms with Gasteiger partial charge in [0.15, 0.2) is 0 Å². The number of amides is 1. The summed E-state index contributed by atoms with van der Waals surface area (Å²) in [4.78, 5) is 13.3. The highest BCUT2D eigenvalue weighted by Crippen LogP contribution is 2.46. The summed E-state index contributed by atoms with van der Waals surface area (Å²) >= 11 is 0. The van der Waals surface area contributed by atoms with Crippen LogP contribution in [0.3, 0.4) is 0 Å². The second kappa shape index (κ2) is 9.67. The molecular formula is C16H25F6NO7S. The molecule has 1 fully saturated rings. The molecule has 0 atom stereocenters. The van der Waals surface area contributed by atoms with Crippen molar-refractivity contribution in [2.24, 2.45) is 0 Å². The van der Waals surface area contributed by atoms with Crippen molar-refractivity contribution >= 4 is 16.2 Å². The van der Waals surface area contributed by atoms with Gasteiger partial charge in [0.05, 0.1) is 19.3 Å². The van der Waals surface area contributed by atoms with Gasteiger partial charge in [-0.3, -0.25) is 4.55 Å². The number of hydrogen-bond donors (Lipinski definition) is 1. The van der Waals surface area contributed by atoms with Crippen LogP contribution >= 0.6 is 0 Å². The van der Waals surface area contributed by atoms with Crippen molar-refractivity contribution in [1.29, 1.82) is 0 Å². The number of hydrogen-bond acceptors (Lipinski definition) is 6. The lowest BCUT2D eigenvalue weighted by Gasteiger charge is -2.36. The molecule has 1 aliphatic heterocycles. The first kappa shape index (κ1) is 27.7. The number of piperidine rings is 1. The van der Waals surface area contributed by atoms with Crippen LogP contribution in [0.2, 0.25) is 0 Å². The van der Waals surface area contributed by atoms with Crippen LogP contribution in [-0.4, -0.2) is 85.7 Å². The summed E-state index contributed by atoms with van der Waals surface area (Å²) in [5.41, 5.74) is -5.80. The summed E-state index contributed by atoms with van der Waals surface area (Å²) in [6, 6.07) is 0. The first-order valence-corrected chi connectivity index (χ1v) is 10.7. The molecule has 0 aromatic carbocycles. The number of rotatable bonds is 7. The van der Waals surface area contributed by atoms with Crippen LogP contribution in [-0.2, 0) is 24.3 Å². The lowest BCUT2D eigenvalue weighted by molar-refractivity contribution is -0.373. The van der Waals surface area contributed by atoms with Gasteiger partial charge in [0.2, 0.25) is 0 Å². The van der Waals surface area contributed by atoms with E-state index in [-0.39, 0.29) is 25.9 Å². The first-order valence-electron chi connectivity index (χ1n) is 9.09. The van der Waals surface area contributed by atoms with E-state index in [0.29, 0.717) is 0 Å². The Balaban J connectivity index is 2.64. The number of ether oxygens (including phenoxy) is 3. The smallest absolute Gasteiger partial charge is 0.427 e. The molecule has 15 heteroatoms. The van der Waals surface area contributed by atoms with Crippen LogP contribution in [0.25, 0.3) is 0 Å². The van der Waals surface area contributed by atoms with Crippen molar-refractivity contribution in [3.8, 4) is 0 Å². The van der Waals surface area contributed by atoms with Crippen LogP contribution in [0.4, 0.5) is 31.1 Å². The van der Waals surface area contributed by atoms with E-state index < -0.39 is 64.8 Å². The molecule has 1 saturated heterocycles. The average molecular weight is 489 g/mol. The molecule has 1 amide bonds. The highest BCUT2D eigenvalue weighted by Gasteiger charge is 2.74. The molecule has 0 saturated carbocycles. The summed E-state index contributed by atoms with van der Waals surface area (Å²) < 4.78 is 123. The Morgan fingerprint density at radius 3 is 1.87 bits per heavy atom. The Morgan fingerprint density at radius 1 is 1.00 bits per heavy atom. The standard InChI is InChI=1S/C16H25F6NO7S/c1-13(2,3)30-12(24)23-6-4-11(5-7-23)28-8-9-29-14(15(17,18)19,16(20,21)22)10-31(25,26)27/h11H,4-10H2,1-3H3,(H,25,26,27). The molecule has 0 bridgehead atoms. The van der Waals surface area contributed by atoms with Gasteiger partial charge in [-0.15, -0.1) is 0 Å². The van der Waals surface area contributed by atoms with Gasteiger partial charge in [-0.2, -0.15) is 34.8 Å². The van der Waals surface area contributed by atoms with Crippen LogP contribution in [0.1, 0.15) is 33.6 Å². The Kier molecular flexibility index (Phi) is 8.64. The number of halogens is 6. The molecule has 184 valence electrons. The van der Waals surface area contributed by atoms with E-state index in [4.69, 9.17) is 14.0 Å². The lowest BCUT2D eigenvalue weighted by atomic mass is 10.1. The van der Waals surface area contributed by atoms with E-state index in [0.717, 1.165) is 0 Å². The molecule has 0 unspecified atom stereocenters. The van der Waals surface area contributed by atoms with E-state index in [2.05, 4.69) is 4.74 Å². The van der Waals surface area contributed by atoms with Gasteiger partial charge < -0.3 is 19.1 Å². The monoisotopic (exact) mass is 489 g/mol. The first-order chi connectivity index (χ1) is 13.8. The van der Waals surface area contributed by atoms with E-state index in [1.807, 2.05) is 0 Å². The van der Waals surface area contributed by atoms with Crippen molar-refractivity contribution in [1.82, 2.24) is 4.90 Å². The summed E-state index contributed by atoms with van der Waals surface area (Å²) in [7, 11) is -5.69. The number of likely N-dealkylation sites (tertiary alicyclic amines) is 1. The van der Waals surface area contributed by atoms with Crippen LogP contribution < -0.4 is 0 Å². The van der Waals surface area contributed by atoms with Crippen LogP contribution in [0, 0.1) is 0 Å². The minimum Gasteiger partial charge on any atom is -0.444 e. The average Bonchev–Trinajstić information content (AvgIpc) is 2.53. The van der Waals surface area contributed by atoms with Crippen LogP contribution in [0.5, 0.6) is 0 Å². The van der Waals surface area contributed by atoms with Crippen LogP contribution in [0.15, 0.2) is 0 Å². The normalized spacial score (nSPS) is 17.7. The quantitative estimate of drug-likeness (QED) is 0.333. The molecule has 1 aliphatic rings. The summed E-state index contributed by atoms with van der Waals surface area (Å²) in [6.07, 6.45) is -12.9. The van der Waals surface area contributed by atoms with Crippen molar-refractivity contribution in [3.05, 3.63) is 0 Å². The zero-order chi connectivity index (χ0) is 24.3. The summed E-state index contributed by atoms with van der Waals surface area (Å²) in [5, 5.41) is 0. The van der Waals surface area contributed by atoms with E-state index in [1.54, 1.807) is 20.8 Å². The molecule has 0 aliphatic carbocycles. The third-order valence-corrected chi connectivity index (χ3v) is 4.95. The molecule has 0 spiro atoms. The Labute approximate surface area is 175 Å². The predicted octanol–water partition coefficient (Wildman–Crippen LogP) is 3.17. The maximum atomic E-state index is 13.1. The number of nitrogens with zero attached hydrogens (tertiary/aromatic N) is 1. The van der Waals surface area contributed by atoms with E-state index in [9.17, 15) is 39.6 Å². The summed E-state index contributed by atoms with van der Waals surface area (Å²) in [6.45, 7) is 3.54. The SMILES string of the molecule is CC(C)(C)OC(=O)N1CCC(OCCOC(CS(=O)(=O)O)(C(F)(F)F)C(F)(F)F)CC1. The molecule has 0 aromatic heterocycles. The third kappa shape index (κ3) is 8.27. The fourth-order valence-corrected chi connectivity index (χ4v) is 3.67. The lowest BCUT2D eigenvalue weighted by Crippen LogP contribution is -2.63. The van der Waals surface area contributed by atoms with Crippen molar-refractivity contribution in [2.45, 2.75) is 63.3 Å². The van der Waals surface area contributed by atoms with Crippen molar-refractivity contribution in [2.75, 3.05) is 32.1 Å². The number of carbonyl (C=O) groups is 1. The molecule has 1 N–H and O–H groups in total. The second-order valence-corrected chi connectivity index (χ2v) is 9.39. The molecule has 1 heterocycles. The van der Waals surface area contributed by atoms with Gasteiger partial charge >= 0.3 is 18.4 Å².